The number of benzene rings is 2. The molecule has 0 unspecified atom stereocenters. The van der Waals surface area contributed by atoms with E-state index in [1.165, 1.54) is 17.8 Å². The minimum Gasteiger partial charge on any atom is -0.305 e. The number of aromatic nitrogens is 3. The molecule has 0 aliphatic carbocycles. The SMILES string of the molecule is Cc1ccc(C(=O)CSc2nnc(-c3ccccc3F)n2C)c(C)c1. The first-order chi connectivity index (χ1) is 12.0. The lowest BCUT2D eigenvalue weighted by Gasteiger charge is -2.07. The molecule has 128 valence electrons. The van der Waals surface area contributed by atoms with Gasteiger partial charge in [0, 0.05) is 12.6 Å². The summed E-state index contributed by atoms with van der Waals surface area (Å²) in [7, 11) is 1.77. The van der Waals surface area contributed by atoms with Crippen molar-refractivity contribution in [2.75, 3.05) is 5.75 Å². The van der Waals surface area contributed by atoms with Crippen LogP contribution in [-0.4, -0.2) is 26.3 Å². The van der Waals surface area contributed by atoms with Crippen molar-refractivity contribution in [2.24, 2.45) is 7.05 Å². The van der Waals surface area contributed by atoms with Gasteiger partial charge in [-0.25, -0.2) is 4.39 Å². The van der Waals surface area contributed by atoms with Gasteiger partial charge in [-0.3, -0.25) is 4.79 Å². The second-order valence-electron chi connectivity index (χ2n) is 5.88. The van der Waals surface area contributed by atoms with E-state index >= 15 is 0 Å². The Hall–Kier alpha value is -2.47. The summed E-state index contributed by atoms with van der Waals surface area (Å²) in [5.41, 5.74) is 3.21. The quantitative estimate of drug-likeness (QED) is 0.508. The van der Waals surface area contributed by atoms with Gasteiger partial charge in [-0.15, -0.1) is 10.2 Å². The fourth-order valence-electron chi connectivity index (χ4n) is 2.65. The lowest BCUT2D eigenvalue weighted by Crippen LogP contribution is -2.06. The highest BCUT2D eigenvalue weighted by molar-refractivity contribution is 7.99. The molecule has 1 heterocycles. The second kappa shape index (κ2) is 7.19. The van der Waals surface area contributed by atoms with Crippen molar-refractivity contribution in [3.63, 3.8) is 0 Å². The van der Waals surface area contributed by atoms with Crippen molar-refractivity contribution in [1.29, 1.82) is 0 Å². The second-order valence-corrected chi connectivity index (χ2v) is 6.82. The van der Waals surface area contributed by atoms with Crippen molar-refractivity contribution in [3.8, 4) is 11.4 Å². The van der Waals surface area contributed by atoms with Crippen LogP contribution in [0.15, 0.2) is 47.6 Å². The van der Waals surface area contributed by atoms with Crippen molar-refractivity contribution in [1.82, 2.24) is 14.8 Å². The van der Waals surface area contributed by atoms with E-state index in [-0.39, 0.29) is 17.4 Å². The third-order valence-electron chi connectivity index (χ3n) is 3.96. The number of thioether (sulfide) groups is 1. The molecular weight excluding hydrogens is 337 g/mol. The number of nitrogens with zero attached hydrogens (tertiary/aromatic N) is 3. The first-order valence-corrected chi connectivity index (χ1v) is 8.83. The summed E-state index contributed by atoms with van der Waals surface area (Å²) in [6.45, 7) is 3.93. The zero-order valence-corrected chi connectivity index (χ0v) is 15.1. The molecular formula is C19H18FN3OS. The first kappa shape index (κ1) is 17.4. The Balaban J connectivity index is 1.76. The zero-order chi connectivity index (χ0) is 18.0. The number of carbonyl (C=O) groups excluding carboxylic acids is 1. The highest BCUT2D eigenvalue weighted by Gasteiger charge is 2.16. The lowest BCUT2D eigenvalue weighted by atomic mass is 10.0. The topological polar surface area (TPSA) is 47.8 Å². The third kappa shape index (κ3) is 3.64. The average Bonchev–Trinajstić information content (AvgIpc) is 2.94. The summed E-state index contributed by atoms with van der Waals surface area (Å²) in [4.78, 5) is 12.5. The van der Waals surface area contributed by atoms with Gasteiger partial charge >= 0.3 is 0 Å². The van der Waals surface area contributed by atoms with E-state index in [2.05, 4.69) is 10.2 Å². The van der Waals surface area contributed by atoms with Crippen LogP contribution >= 0.6 is 11.8 Å². The Bertz CT molecular complexity index is 936. The number of hydrogen-bond donors (Lipinski definition) is 0. The van der Waals surface area contributed by atoms with Gasteiger partial charge in [0.05, 0.1) is 11.3 Å². The summed E-state index contributed by atoms with van der Waals surface area (Å²) in [5, 5.41) is 8.74. The summed E-state index contributed by atoms with van der Waals surface area (Å²) >= 11 is 1.30. The van der Waals surface area contributed by atoms with Crippen molar-refractivity contribution >= 4 is 17.5 Å². The van der Waals surface area contributed by atoms with Crippen LogP contribution in [0.2, 0.25) is 0 Å². The Labute approximate surface area is 150 Å². The summed E-state index contributed by atoms with van der Waals surface area (Å²) in [6, 6.07) is 12.2. The molecule has 3 aromatic rings. The molecule has 0 saturated carbocycles. The van der Waals surface area contributed by atoms with Gasteiger partial charge in [0.25, 0.3) is 0 Å². The molecule has 0 aliphatic heterocycles. The van der Waals surface area contributed by atoms with Crippen LogP contribution in [-0.2, 0) is 7.05 Å². The number of Topliss-reactive ketones (excluding diaryl/α,β-unsaturated/α-hetero) is 1. The van der Waals surface area contributed by atoms with Gasteiger partial charge in [-0.2, -0.15) is 0 Å². The maximum absolute atomic E-state index is 13.9. The molecule has 3 rings (SSSR count). The van der Waals surface area contributed by atoms with Gasteiger partial charge in [0.2, 0.25) is 0 Å². The van der Waals surface area contributed by atoms with Crippen LogP contribution in [0.4, 0.5) is 4.39 Å². The van der Waals surface area contributed by atoms with E-state index in [0.29, 0.717) is 16.5 Å². The summed E-state index contributed by atoms with van der Waals surface area (Å²) < 4.78 is 15.6. The molecule has 0 atom stereocenters. The normalized spacial score (nSPS) is 10.9. The van der Waals surface area contributed by atoms with Crippen LogP contribution in [0, 0.1) is 19.7 Å². The van der Waals surface area contributed by atoms with E-state index in [9.17, 15) is 9.18 Å². The maximum Gasteiger partial charge on any atom is 0.191 e. The highest BCUT2D eigenvalue weighted by Crippen LogP contribution is 2.25. The number of carbonyl (C=O) groups is 1. The van der Waals surface area contributed by atoms with Crippen LogP contribution < -0.4 is 0 Å². The Morgan fingerprint density at radius 3 is 2.64 bits per heavy atom. The number of hydrogen-bond acceptors (Lipinski definition) is 4. The van der Waals surface area contributed by atoms with Crippen LogP contribution in [0.25, 0.3) is 11.4 Å². The monoisotopic (exact) mass is 355 g/mol. The number of halogens is 1. The fraction of sp³-hybridized carbons (Fsp3) is 0.211. The van der Waals surface area contributed by atoms with Crippen molar-refractivity contribution < 1.29 is 9.18 Å². The van der Waals surface area contributed by atoms with Gasteiger partial charge in [-0.05, 0) is 31.5 Å². The van der Waals surface area contributed by atoms with Gasteiger partial charge in [-0.1, -0.05) is 47.7 Å². The van der Waals surface area contributed by atoms with Gasteiger partial charge in [0.15, 0.2) is 16.8 Å². The molecule has 1 aromatic heterocycles. The lowest BCUT2D eigenvalue weighted by molar-refractivity contribution is 0.102. The molecule has 25 heavy (non-hydrogen) atoms. The van der Waals surface area contributed by atoms with Gasteiger partial charge in [0.1, 0.15) is 5.82 Å². The molecule has 0 N–H and O–H groups in total. The fourth-order valence-corrected chi connectivity index (χ4v) is 3.45. The number of aryl methyl sites for hydroxylation is 2. The molecule has 0 spiro atoms. The predicted octanol–water partition coefficient (Wildman–Crippen LogP) is 4.21. The average molecular weight is 355 g/mol. The smallest absolute Gasteiger partial charge is 0.191 e. The number of rotatable bonds is 5. The summed E-state index contributed by atoms with van der Waals surface area (Å²) in [6.07, 6.45) is 0. The van der Waals surface area contributed by atoms with Crippen LogP contribution in [0.1, 0.15) is 21.5 Å². The molecule has 6 heteroatoms. The molecule has 0 fully saturated rings. The Morgan fingerprint density at radius 2 is 1.92 bits per heavy atom. The minimum absolute atomic E-state index is 0.0398. The Kier molecular flexibility index (Phi) is 4.99. The molecule has 0 radical (unpaired) electrons. The molecule has 0 bridgehead atoms. The van der Waals surface area contributed by atoms with Crippen molar-refractivity contribution in [2.45, 2.75) is 19.0 Å². The molecule has 2 aromatic carbocycles. The molecule has 0 aliphatic rings. The molecule has 4 nitrogen and oxygen atoms in total. The first-order valence-electron chi connectivity index (χ1n) is 7.85. The largest absolute Gasteiger partial charge is 0.305 e. The van der Waals surface area contributed by atoms with Gasteiger partial charge < -0.3 is 4.57 Å². The van der Waals surface area contributed by atoms with E-state index in [1.807, 2.05) is 32.0 Å². The van der Waals surface area contributed by atoms with E-state index in [1.54, 1.807) is 29.8 Å². The van der Waals surface area contributed by atoms with Crippen LogP contribution in [0.5, 0.6) is 0 Å². The standard InChI is InChI=1S/C19H18FN3OS/c1-12-8-9-14(13(2)10-12)17(24)11-25-19-22-21-18(23(19)3)15-6-4-5-7-16(15)20/h4-10H,11H2,1-3H3. The number of ketones is 1. The van der Waals surface area contributed by atoms with E-state index < -0.39 is 0 Å². The van der Waals surface area contributed by atoms with Crippen LogP contribution in [0.3, 0.4) is 0 Å². The third-order valence-corrected chi connectivity index (χ3v) is 4.98. The zero-order valence-electron chi connectivity index (χ0n) is 14.3. The predicted molar refractivity (Wildman–Crippen MR) is 97.4 cm³/mol. The maximum atomic E-state index is 13.9. The summed E-state index contributed by atoms with van der Waals surface area (Å²) in [5.74, 6) is 0.395. The molecule has 0 saturated heterocycles. The minimum atomic E-state index is -0.346. The highest BCUT2D eigenvalue weighted by atomic mass is 32.2. The van der Waals surface area contributed by atoms with E-state index in [0.717, 1.165) is 16.7 Å². The van der Waals surface area contributed by atoms with Crippen molar-refractivity contribution in [3.05, 3.63) is 65.0 Å². The Morgan fingerprint density at radius 1 is 1.16 bits per heavy atom. The molecule has 0 amide bonds. The van der Waals surface area contributed by atoms with E-state index in [4.69, 9.17) is 0 Å².